The van der Waals surface area contributed by atoms with E-state index in [1.165, 1.54) is 42.8 Å². The van der Waals surface area contributed by atoms with Crippen LogP contribution in [0.25, 0.3) is 0 Å². The molecule has 21 heteroatoms. The summed E-state index contributed by atoms with van der Waals surface area (Å²) in [6.45, 7) is 2.52. The summed E-state index contributed by atoms with van der Waals surface area (Å²) in [5.41, 5.74) is 0.700. The number of piperidine rings is 2. The number of nitrogens with one attached hydrogen (secondary N) is 4. The molecule has 3 fully saturated rings. The Morgan fingerprint density at radius 3 is 2.22 bits per heavy atom. The lowest BCUT2D eigenvalue weighted by atomic mass is 9.89. The number of anilines is 6. The number of nitrogens with zero attached hydrogens (tertiary/aromatic N) is 6. The van der Waals surface area contributed by atoms with Crippen LogP contribution in [-0.4, -0.2) is 113 Å². The number of likely N-dealkylation sites (tertiary alicyclic amines) is 1. The summed E-state index contributed by atoms with van der Waals surface area (Å²) in [4.78, 5) is 66.7. The number of carbonyl (C=O) groups is 4. The second-order valence-corrected chi connectivity index (χ2v) is 15.4. The number of hydrogen-bond acceptors (Lipinski definition) is 13. The molecule has 15 nitrogen and oxygen atoms in total. The number of halogens is 6. The number of rotatable bonds is 13. The highest BCUT2D eigenvalue weighted by atomic mass is 19.4. The monoisotopic (exact) mass is 882 g/mol. The number of carbonyl (C=O) groups excluding carboxylic acids is 4. The molecule has 3 amide bonds. The molecule has 3 aliphatic rings. The van der Waals surface area contributed by atoms with Crippen molar-refractivity contribution in [2.24, 2.45) is 0 Å². The Balaban J connectivity index is 0.947. The van der Waals surface area contributed by atoms with Gasteiger partial charge in [-0.3, -0.25) is 29.4 Å². The Bertz CT molecular complexity index is 2310. The highest BCUT2D eigenvalue weighted by Crippen LogP contribution is 2.37. The van der Waals surface area contributed by atoms with Gasteiger partial charge in [0.1, 0.15) is 28.9 Å². The summed E-state index contributed by atoms with van der Waals surface area (Å²) in [5.74, 6) is -2.15. The first-order valence-electron chi connectivity index (χ1n) is 20.2. The van der Waals surface area contributed by atoms with Crippen molar-refractivity contribution >= 4 is 58.2 Å². The first-order valence-corrected chi connectivity index (χ1v) is 20.2. The van der Waals surface area contributed by atoms with Crippen molar-refractivity contribution in [2.75, 3.05) is 73.3 Å². The Kier molecular flexibility index (Phi) is 13.3. The number of piperazine rings is 1. The zero-order valence-electron chi connectivity index (χ0n) is 34.0. The van der Waals surface area contributed by atoms with Crippen molar-refractivity contribution in [3.05, 3.63) is 83.6 Å². The van der Waals surface area contributed by atoms with E-state index in [1.807, 2.05) is 24.3 Å². The first-order chi connectivity index (χ1) is 30.0. The van der Waals surface area contributed by atoms with Gasteiger partial charge in [0.2, 0.25) is 29.5 Å². The van der Waals surface area contributed by atoms with E-state index in [-0.39, 0.29) is 47.0 Å². The molecule has 0 radical (unpaired) electrons. The number of para-hydroxylation sites is 1. The van der Waals surface area contributed by atoms with Crippen molar-refractivity contribution in [3.8, 4) is 5.88 Å². The third kappa shape index (κ3) is 11.5. The van der Waals surface area contributed by atoms with Crippen LogP contribution in [0.5, 0.6) is 5.88 Å². The number of Topliss-reactive ketones (excluding diaryl/α,β-unsaturated/α-hetero) is 1. The zero-order chi connectivity index (χ0) is 44.9. The van der Waals surface area contributed by atoms with Crippen molar-refractivity contribution in [1.82, 2.24) is 30.1 Å². The fourth-order valence-corrected chi connectivity index (χ4v) is 7.64. The van der Waals surface area contributed by atoms with E-state index in [4.69, 9.17) is 4.74 Å². The molecule has 3 saturated heterocycles. The fourth-order valence-electron chi connectivity index (χ4n) is 7.64. The topological polar surface area (TPSA) is 174 Å². The number of alkyl halides is 6. The second-order valence-electron chi connectivity index (χ2n) is 15.4. The summed E-state index contributed by atoms with van der Waals surface area (Å²) in [6.07, 6.45) is -6.71. The van der Waals surface area contributed by atoms with Crippen LogP contribution >= 0.6 is 0 Å². The SMILES string of the molecule is CC(=O)c1ccccc1Nc1nc(Nc2ccc(N3CCN(C(=O)CN4CCC(c5ccc(NC6CCC(=O)NC6=O)cc5)CC4)CC3)nc2OCC(F)(F)F)ncc1C(F)(F)F. The Hall–Kier alpha value is -6.51. The smallest absolute Gasteiger partial charge is 0.422 e. The molecule has 0 spiro atoms. The van der Waals surface area contributed by atoms with E-state index < -0.39 is 54.0 Å². The van der Waals surface area contributed by atoms with Gasteiger partial charge in [-0.2, -0.15) is 36.3 Å². The lowest BCUT2D eigenvalue weighted by molar-refractivity contribution is -0.154. The van der Waals surface area contributed by atoms with Crippen LogP contribution in [0.1, 0.15) is 60.0 Å². The summed E-state index contributed by atoms with van der Waals surface area (Å²) < 4.78 is 87.0. The van der Waals surface area contributed by atoms with Gasteiger partial charge in [-0.15, -0.1) is 0 Å². The Morgan fingerprint density at radius 2 is 1.56 bits per heavy atom. The van der Waals surface area contributed by atoms with Crippen LogP contribution in [0.4, 0.5) is 61.0 Å². The van der Waals surface area contributed by atoms with Gasteiger partial charge >= 0.3 is 12.4 Å². The van der Waals surface area contributed by atoms with Crippen LogP contribution < -0.4 is 30.9 Å². The number of imide groups is 1. The standard InChI is InChI=1S/C42H44F6N10O5/c1-25(59)29-4-2-3-5-31(29)51-37-30(42(46,47)48)22-49-40(55-37)52-33-10-12-34(53-39(33)63-24-41(43,44)45)57-18-20-58(21-19-57)36(61)23-56-16-14-27(15-17-56)26-6-8-28(9-7-26)50-32-11-13-35(60)54-38(32)62/h2-10,12,22,27,32,50H,11,13-21,23-24H2,1H3,(H,54,60,62)(H2,49,51,52,55). The Morgan fingerprint density at radius 1 is 0.841 bits per heavy atom. The Labute approximate surface area is 357 Å². The fraction of sp³-hybridized carbons (Fsp3) is 0.405. The number of aromatic nitrogens is 3. The molecule has 1 unspecified atom stereocenters. The summed E-state index contributed by atoms with van der Waals surface area (Å²) >= 11 is 0. The molecule has 3 aliphatic heterocycles. The molecule has 0 aliphatic carbocycles. The minimum atomic E-state index is -4.90. The maximum Gasteiger partial charge on any atom is 0.422 e. The summed E-state index contributed by atoms with van der Waals surface area (Å²) in [6, 6.07) is 16.2. The normalized spacial score (nSPS) is 17.9. The van der Waals surface area contributed by atoms with Gasteiger partial charge in [0, 0.05) is 50.0 Å². The van der Waals surface area contributed by atoms with Gasteiger partial charge in [0.15, 0.2) is 12.4 Å². The molecule has 0 saturated carbocycles. The second kappa shape index (κ2) is 18.9. The molecule has 334 valence electrons. The van der Waals surface area contributed by atoms with Gasteiger partial charge in [-0.05, 0) is 87.2 Å². The molecule has 2 aromatic heterocycles. The quantitative estimate of drug-likeness (QED) is 0.0674. The number of ether oxygens (including phenoxy) is 1. The predicted octanol–water partition coefficient (Wildman–Crippen LogP) is 6.27. The maximum atomic E-state index is 14.0. The third-order valence-corrected chi connectivity index (χ3v) is 11.0. The number of amides is 3. The molecule has 0 bridgehead atoms. The maximum absolute atomic E-state index is 14.0. The molecule has 4 aromatic rings. The number of hydrogen-bond donors (Lipinski definition) is 4. The molecule has 1 atom stereocenters. The van der Waals surface area contributed by atoms with Gasteiger partial charge in [0.25, 0.3) is 0 Å². The lowest BCUT2D eigenvalue weighted by Crippen LogP contribution is -2.52. The average molecular weight is 883 g/mol. The van der Waals surface area contributed by atoms with Crippen LogP contribution in [0.2, 0.25) is 0 Å². The first kappa shape index (κ1) is 44.5. The predicted molar refractivity (Wildman–Crippen MR) is 219 cm³/mol. The summed E-state index contributed by atoms with van der Waals surface area (Å²) in [5, 5.41) is 10.7. The largest absolute Gasteiger partial charge is 0.466 e. The molecule has 7 rings (SSSR count). The molecule has 63 heavy (non-hydrogen) atoms. The molecular weight excluding hydrogens is 839 g/mol. The van der Waals surface area contributed by atoms with Crippen LogP contribution in [-0.2, 0) is 20.6 Å². The van der Waals surface area contributed by atoms with Crippen LogP contribution in [0.15, 0.2) is 66.9 Å². The minimum Gasteiger partial charge on any atom is -0.466 e. The van der Waals surface area contributed by atoms with Gasteiger partial charge in [0.05, 0.1) is 12.2 Å². The number of benzene rings is 2. The summed E-state index contributed by atoms with van der Waals surface area (Å²) in [7, 11) is 0. The van der Waals surface area contributed by atoms with E-state index in [2.05, 4.69) is 41.1 Å². The van der Waals surface area contributed by atoms with E-state index in [0.29, 0.717) is 51.1 Å². The van der Waals surface area contributed by atoms with E-state index in [0.717, 1.165) is 31.6 Å². The minimum absolute atomic E-state index is 0.0472. The average Bonchev–Trinajstić information content (AvgIpc) is 3.24. The molecule has 2 aromatic carbocycles. The lowest BCUT2D eigenvalue weighted by Gasteiger charge is -2.37. The van der Waals surface area contributed by atoms with Crippen molar-refractivity contribution in [3.63, 3.8) is 0 Å². The molecular formula is C42H44F6N10O5. The van der Waals surface area contributed by atoms with Gasteiger partial charge in [-0.25, -0.2) is 4.98 Å². The van der Waals surface area contributed by atoms with Gasteiger partial charge < -0.3 is 30.5 Å². The van der Waals surface area contributed by atoms with Crippen LogP contribution in [0.3, 0.4) is 0 Å². The van der Waals surface area contributed by atoms with E-state index in [1.54, 1.807) is 15.9 Å². The zero-order valence-corrected chi connectivity index (χ0v) is 34.0. The number of pyridine rings is 1. The van der Waals surface area contributed by atoms with Crippen molar-refractivity contribution in [1.29, 1.82) is 0 Å². The van der Waals surface area contributed by atoms with Crippen molar-refractivity contribution in [2.45, 2.75) is 56.9 Å². The molecule has 5 heterocycles. The highest BCUT2D eigenvalue weighted by Gasteiger charge is 2.36. The van der Waals surface area contributed by atoms with Crippen molar-refractivity contribution < 1.29 is 50.3 Å². The van der Waals surface area contributed by atoms with Gasteiger partial charge in [-0.1, -0.05) is 24.3 Å². The van der Waals surface area contributed by atoms with E-state index >= 15 is 0 Å². The highest BCUT2D eigenvalue weighted by molar-refractivity contribution is 6.01. The van der Waals surface area contributed by atoms with Crippen LogP contribution in [0, 0.1) is 0 Å². The molecule has 4 N–H and O–H groups in total. The van der Waals surface area contributed by atoms with E-state index in [9.17, 15) is 45.5 Å². The third-order valence-electron chi connectivity index (χ3n) is 11.0. The number of ketones is 1.